The molecule has 0 aliphatic heterocycles. The van der Waals surface area contributed by atoms with Gasteiger partial charge in [0.05, 0.1) is 11.7 Å². The summed E-state index contributed by atoms with van der Waals surface area (Å²) >= 11 is 0. The quantitative estimate of drug-likeness (QED) is 0.760. The number of rotatable bonds is 5. The van der Waals surface area contributed by atoms with Crippen molar-refractivity contribution >= 4 is 6.03 Å². The first-order valence-electron chi connectivity index (χ1n) is 7.72. The number of urea groups is 1. The summed E-state index contributed by atoms with van der Waals surface area (Å²) in [4.78, 5) is 20.7. The first kappa shape index (κ1) is 15.7. The maximum atomic E-state index is 12.3. The zero-order chi connectivity index (χ0) is 16.6. The van der Waals surface area contributed by atoms with Gasteiger partial charge in [0.15, 0.2) is 0 Å². The summed E-state index contributed by atoms with van der Waals surface area (Å²) in [6.07, 6.45) is 5.16. The lowest BCUT2D eigenvalue weighted by Crippen LogP contribution is -2.38. The molecule has 2 N–H and O–H groups in total. The van der Waals surface area contributed by atoms with E-state index in [1.54, 1.807) is 18.6 Å². The number of carbonyl (C=O) groups is 1. The molecular weight excluding hydrogens is 300 g/mol. The molecule has 0 saturated carbocycles. The Morgan fingerprint density at radius 2 is 1.79 bits per heavy atom. The van der Waals surface area contributed by atoms with Crippen LogP contribution in [-0.2, 0) is 6.54 Å². The molecule has 0 aliphatic rings. The Morgan fingerprint density at radius 3 is 2.50 bits per heavy atom. The average Bonchev–Trinajstić information content (AvgIpc) is 2.67. The molecule has 1 atom stereocenters. The third kappa shape index (κ3) is 4.16. The van der Waals surface area contributed by atoms with E-state index in [9.17, 15) is 4.79 Å². The van der Waals surface area contributed by atoms with Crippen LogP contribution in [0.2, 0.25) is 0 Å². The van der Waals surface area contributed by atoms with E-state index in [4.69, 9.17) is 0 Å². The summed E-state index contributed by atoms with van der Waals surface area (Å²) in [6, 6.07) is 18.7. The van der Waals surface area contributed by atoms with Gasteiger partial charge in [-0.3, -0.25) is 9.97 Å². The van der Waals surface area contributed by atoms with Gasteiger partial charge in [-0.15, -0.1) is 0 Å². The molecule has 0 bridgehead atoms. The Kier molecular flexibility index (Phi) is 5.14. The molecule has 0 spiro atoms. The highest BCUT2D eigenvalue weighted by atomic mass is 16.2. The second-order valence-electron chi connectivity index (χ2n) is 5.29. The van der Waals surface area contributed by atoms with E-state index in [1.807, 2.05) is 60.7 Å². The van der Waals surface area contributed by atoms with Gasteiger partial charge in [-0.25, -0.2) is 4.79 Å². The Hall–Kier alpha value is -3.21. The molecule has 1 unspecified atom stereocenters. The normalized spacial score (nSPS) is 11.5. The van der Waals surface area contributed by atoms with Crippen molar-refractivity contribution in [3.05, 3.63) is 96.1 Å². The van der Waals surface area contributed by atoms with Gasteiger partial charge in [-0.05, 0) is 29.3 Å². The third-order valence-corrected chi connectivity index (χ3v) is 3.57. The number of amides is 2. The number of hydrogen-bond acceptors (Lipinski definition) is 3. The van der Waals surface area contributed by atoms with E-state index in [1.165, 1.54) is 0 Å². The molecule has 0 aliphatic carbocycles. The molecule has 5 heteroatoms. The molecule has 24 heavy (non-hydrogen) atoms. The van der Waals surface area contributed by atoms with Gasteiger partial charge in [-0.2, -0.15) is 0 Å². The lowest BCUT2D eigenvalue weighted by Gasteiger charge is -2.19. The molecule has 3 aromatic rings. The maximum Gasteiger partial charge on any atom is 0.315 e. The van der Waals surface area contributed by atoms with Crippen molar-refractivity contribution in [2.45, 2.75) is 12.6 Å². The Bertz CT molecular complexity index is 724. The van der Waals surface area contributed by atoms with Crippen molar-refractivity contribution in [2.24, 2.45) is 0 Å². The topological polar surface area (TPSA) is 66.9 Å². The fraction of sp³-hybridized carbons (Fsp3) is 0.105. The maximum absolute atomic E-state index is 12.3. The molecule has 2 aromatic heterocycles. The van der Waals surface area contributed by atoms with E-state index >= 15 is 0 Å². The van der Waals surface area contributed by atoms with Crippen LogP contribution in [0.4, 0.5) is 4.79 Å². The summed E-state index contributed by atoms with van der Waals surface area (Å²) in [5.74, 6) is 0. The zero-order valence-electron chi connectivity index (χ0n) is 13.1. The van der Waals surface area contributed by atoms with Crippen LogP contribution in [0.15, 0.2) is 79.3 Å². The first-order chi connectivity index (χ1) is 11.8. The smallest absolute Gasteiger partial charge is 0.315 e. The number of pyridine rings is 2. The molecule has 3 rings (SSSR count). The largest absolute Gasteiger partial charge is 0.334 e. The van der Waals surface area contributed by atoms with E-state index in [-0.39, 0.29) is 12.1 Å². The highest BCUT2D eigenvalue weighted by Crippen LogP contribution is 2.19. The fourth-order valence-corrected chi connectivity index (χ4v) is 2.39. The molecule has 0 radical (unpaired) electrons. The Morgan fingerprint density at radius 1 is 0.958 bits per heavy atom. The highest BCUT2D eigenvalue weighted by molar-refractivity contribution is 5.74. The van der Waals surface area contributed by atoms with Crippen molar-refractivity contribution in [1.29, 1.82) is 0 Å². The van der Waals surface area contributed by atoms with Gasteiger partial charge in [-0.1, -0.05) is 42.5 Å². The molecule has 0 saturated heterocycles. The van der Waals surface area contributed by atoms with Crippen molar-refractivity contribution < 1.29 is 4.79 Å². The van der Waals surface area contributed by atoms with E-state index in [2.05, 4.69) is 20.6 Å². The monoisotopic (exact) mass is 318 g/mol. The van der Waals surface area contributed by atoms with Gasteiger partial charge in [0.2, 0.25) is 0 Å². The van der Waals surface area contributed by atoms with Gasteiger partial charge >= 0.3 is 6.03 Å². The minimum Gasteiger partial charge on any atom is -0.334 e. The molecule has 5 nitrogen and oxygen atoms in total. The average molecular weight is 318 g/mol. The van der Waals surface area contributed by atoms with Gasteiger partial charge in [0, 0.05) is 25.1 Å². The lowest BCUT2D eigenvalue weighted by atomic mass is 10.0. The van der Waals surface area contributed by atoms with Gasteiger partial charge in [0.1, 0.15) is 0 Å². The van der Waals surface area contributed by atoms with E-state index < -0.39 is 0 Å². The molecule has 0 fully saturated rings. The minimum absolute atomic E-state index is 0.252. The van der Waals surface area contributed by atoms with E-state index in [0.29, 0.717) is 6.54 Å². The Balaban J connectivity index is 1.71. The number of carbonyl (C=O) groups excluding carboxylic acids is 1. The SMILES string of the molecule is O=C(NCc1cccnc1)NC(c1ccccc1)c1ccccn1. The van der Waals surface area contributed by atoms with Gasteiger partial charge in [0.25, 0.3) is 0 Å². The van der Waals surface area contributed by atoms with Crippen LogP contribution in [-0.4, -0.2) is 16.0 Å². The fourth-order valence-electron chi connectivity index (χ4n) is 2.39. The van der Waals surface area contributed by atoms with Crippen molar-refractivity contribution in [3.63, 3.8) is 0 Å². The second kappa shape index (κ2) is 7.87. The summed E-state index contributed by atoms with van der Waals surface area (Å²) < 4.78 is 0. The predicted molar refractivity (Wildman–Crippen MR) is 92.1 cm³/mol. The van der Waals surface area contributed by atoms with Crippen LogP contribution in [0.3, 0.4) is 0 Å². The van der Waals surface area contributed by atoms with Crippen LogP contribution < -0.4 is 10.6 Å². The van der Waals surface area contributed by atoms with Crippen LogP contribution in [0.25, 0.3) is 0 Å². The zero-order valence-corrected chi connectivity index (χ0v) is 13.1. The second-order valence-corrected chi connectivity index (χ2v) is 5.29. The number of aromatic nitrogens is 2. The van der Waals surface area contributed by atoms with Crippen LogP contribution in [0.5, 0.6) is 0 Å². The predicted octanol–water partition coefficient (Wildman–Crippen LogP) is 3.07. The first-order valence-corrected chi connectivity index (χ1v) is 7.72. The molecule has 1 aromatic carbocycles. The van der Waals surface area contributed by atoms with Crippen molar-refractivity contribution in [3.8, 4) is 0 Å². The number of hydrogen-bond donors (Lipinski definition) is 2. The molecule has 2 amide bonds. The highest BCUT2D eigenvalue weighted by Gasteiger charge is 2.17. The summed E-state index contributed by atoms with van der Waals surface area (Å²) in [5, 5.41) is 5.84. The molecule has 120 valence electrons. The summed E-state index contributed by atoms with van der Waals surface area (Å²) in [7, 11) is 0. The lowest BCUT2D eigenvalue weighted by molar-refractivity contribution is 0.238. The number of nitrogens with one attached hydrogen (secondary N) is 2. The minimum atomic E-state index is -0.304. The molecular formula is C19H18N4O. The van der Waals surface area contributed by atoms with Gasteiger partial charge < -0.3 is 10.6 Å². The van der Waals surface area contributed by atoms with Crippen LogP contribution in [0, 0.1) is 0 Å². The number of nitrogens with zero attached hydrogens (tertiary/aromatic N) is 2. The third-order valence-electron chi connectivity index (χ3n) is 3.57. The van der Waals surface area contributed by atoms with Crippen molar-refractivity contribution in [2.75, 3.05) is 0 Å². The Labute approximate surface area is 140 Å². The summed E-state index contributed by atoms with van der Waals surface area (Å²) in [6.45, 7) is 0.420. The number of benzene rings is 1. The molecule has 2 heterocycles. The van der Waals surface area contributed by atoms with Crippen LogP contribution >= 0.6 is 0 Å². The standard InChI is InChI=1S/C19H18N4O/c24-19(22-14-15-7-6-11-20-13-15)23-18(16-8-2-1-3-9-16)17-10-4-5-12-21-17/h1-13,18H,14H2,(H2,22,23,24). The van der Waals surface area contributed by atoms with Crippen LogP contribution in [0.1, 0.15) is 22.9 Å². The van der Waals surface area contributed by atoms with E-state index in [0.717, 1.165) is 16.8 Å². The summed E-state index contributed by atoms with van der Waals surface area (Å²) in [5.41, 5.74) is 2.72. The van der Waals surface area contributed by atoms with Crippen molar-refractivity contribution in [1.82, 2.24) is 20.6 Å².